The summed E-state index contributed by atoms with van der Waals surface area (Å²) in [5.74, 6) is -2.69. The number of amides is 5. The zero-order valence-corrected chi connectivity index (χ0v) is 22.1. The zero-order chi connectivity index (χ0) is 28.1. The van der Waals surface area contributed by atoms with Gasteiger partial charge in [-0.2, -0.15) is 0 Å². The maximum absolute atomic E-state index is 12.6. The fraction of sp³-hybridized carbons (Fsp3) is 0.481. The van der Waals surface area contributed by atoms with Crippen LogP contribution in [0.1, 0.15) is 52.0 Å². The molecule has 1 aromatic rings. The third-order valence-corrected chi connectivity index (χ3v) is 5.39. The van der Waals surface area contributed by atoms with E-state index in [0.29, 0.717) is 25.8 Å². The quantitative estimate of drug-likeness (QED) is 0.183. The molecule has 11 nitrogen and oxygen atoms in total. The molecule has 1 aliphatic heterocycles. The molecule has 38 heavy (non-hydrogen) atoms. The van der Waals surface area contributed by atoms with Gasteiger partial charge in [0.15, 0.2) is 0 Å². The lowest BCUT2D eigenvalue weighted by Gasteiger charge is -2.24. The van der Waals surface area contributed by atoms with Gasteiger partial charge in [-0.15, -0.1) is 0 Å². The number of nitrogens with zero attached hydrogens (tertiary/aromatic N) is 1. The van der Waals surface area contributed by atoms with E-state index in [1.54, 1.807) is 20.8 Å². The largest absolute Gasteiger partial charge is 0.458 e. The smallest absolute Gasteiger partial charge is 0.329 e. The van der Waals surface area contributed by atoms with Crippen molar-refractivity contribution in [2.24, 2.45) is 0 Å². The second kappa shape index (κ2) is 14.7. The first-order valence-corrected chi connectivity index (χ1v) is 12.6. The molecule has 1 heterocycles. The van der Waals surface area contributed by atoms with Crippen molar-refractivity contribution in [2.75, 3.05) is 19.6 Å². The summed E-state index contributed by atoms with van der Waals surface area (Å²) in [5, 5.41) is 7.51. The van der Waals surface area contributed by atoms with E-state index in [0.717, 1.165) is 10.5 Å². The van der Waals surface area contributed by atoms with Crippen LogP contribution in [0.5, 0.6) is 0 Å². The van der Waals surface area contributed by atoms with E-state index in [1.165, 1.54) is 12.2 Å². The van der Waals surface area contributed by atoms with Crippen LogP contribution in [0.15, 0.2) is 42.5 Å². The fourth-order valence-electron chi connectivity index (χ4n) is 3.55. The predicted molar refractivity (Wildman–Crippen MR) is 138 cm³/mol. The Morgan fingerprint density at radius 3 is 2.08 bits per heavy atom. The molecular weight excluding hydrogens is 492 g/mol. The molecule has 0 aromatic heterocycles. The normalized spacial score (nSPS) is 13.7. The van der Waals surface area contributed by atoms with Crippen LogP contribution in [0.3, 0.4) is 0 Å². The standard InChI is InChI=1S/C27H36N4O7/c1-27(2,3)38-26(37)20(16-19-10-6-4-7-11-19)30-23(34)18-29-22(33)17-28-21(32)12-8-5-9-15-31-24(35)13-14-25(31)36/h4,6-7,10-11,13-14,20H,5,8-9,12,15-18H2,1-3H3,(H,28,32)(H,29,33)(H,30,34)/t20-/m0/s1. The summed E-state index contributed by atoms with van der Waals surface area (Å²) in [7, 11) is 0. The van der Waals surface area contributed by atoms with Gasteiger partial charge in [-0.05, 0) is 39.2 Å². The zero-order valence-electron chi connectivity index (χ0n) is 22.1. The first-order chi connectivity index (χ1) is 17.9. The number of benzene rings is 1. The van der Waals surface area contributed by atoms with Gasteiger partial charge in [0.05, 0.1) is 13.1 Å². The van der Waals surface area contributed by atoms with Gasteiger partial charge in [0.25, 0.3) is 11.8 Å². The fourth-order valence-corrected chi connectivity index (χ4v) is 3.55. The van der Waals surface area contributed by atoms with Gasteiger partial charge < -0.3 is 20.7 Å². The lowest BCUT2D eigenvalue weighted by molar-refractivity contribution is -0.158. The summed E-state index contributed by atoms with van der Waals surface area (Å²) in [6.45, 7) is 4.84. The van der Waals surface area contributed by atoms with Crippen molar-refractivity contribution < 1.29 is 33.5 Å². The van der Waals surface area contributed by atoms with Crippen molar-refractivity contribution in [1.82, 2.24) is 20.9 Å². The SMILES string of the molecule is CC(C)(C)OC(=O)[C@H](Cc1ccccc1)NC(=O)CNC(=O)CNC(=O)CCCCCN1C(=O)C=CC1=O. The molecule has 1 atom stereocenters. The van der Waals surface area contributed by atoms with Gasteiger partial charge in [0, 0.05) is 31.5 Å². The minimum absolute atomic E-state index is 0.185. The number of carbonyl (C=O) groups is 6. The predicted octanol–water partition coefficient (Wildman–Crippen LogP) is 0.773. The maximum Gasteiger partial charge on any atom is 0.329 e. The van der Waals surface area contributed by atoms with E-state index in [-0.39, 0.29) is 43.7 Å². The molecule has 0 saturated carbocycles. The highest BCUT2D eigenvalue weighted by atomic mass is 16.6. The second-order valence-corrected chi connectivity index (χ2v) is 9.87. The Morgan fingerprint density at radius 1 is 0.842 bits per heavy atom. The molecule has 5 amide bonds. The number of hydrogen-bond acceptors (Lipinski definition) is 7. The average Bonchev–Trinajstić information content (AvgIpc) is 3.17. The number of nitrogens with one attached hydrogen (secondary N) is 3. The number of carbonyl (C=O) groups excluding carboxylic acids is 6. The van der Waals surface area contributed by atoms with Crippen molar-refractivity contribution in [3.63, 3.8) is 0 Å². The van der Waals surface area contributed by atoms with Crippen LogP contribution in [-0.4, -0.2) is 71.7 Å². The van der Waals surface area contributed by atoms with Gasteiger partial charge >= 0.3 is 5.97 Å². The molecule has 2 rings (SSSR count). The Morgan fingerprint density at radius 2 is 1.45 bits per heavy atom. The molecule has 1 aromatic carbocycles. The van der Waals surface area contributed by atoms with Crippen LogP contribution in [0, 0.1) is 0 Å². The van der Waals surface area contributed by atoms with E-state index >= 15 is 0 Å². The molecule has 0 saturated heterocycles. The highest BCUT2D eigenvalue weighted by molar-refractivity contribution is 6.12. The lowest BCUT2D eigenvalue weighted by Crippen LogP contribution is -2.49. The highest BCUT2D eigenvalue weighted by Crippen LogP contribution is 2.12. The molecule has 11 heteroatoms. The topological polar surface area (TPSA) is 151 Å². The Kier molecular flexibility index (Phi) is 11.6. The van der Waals surface area contributed by atoms with Crippen LogP contribution < -0.4 is 16.0 Å². The van der Waals surface area contributed by atoms with Gasteiger partial charge in [0.1, 0.15) is 11.6 Å². The summed E-state index contributed by atoms with van der Waals surface area (Å²) in [5.41, 5.74) is 0.109. The third-order valence-electron chi connectivity index (χ3n) is 5.39. The van der Waals surface area contributed by atoms with Gasteiger partial charge in [-0.3, -0.25) is 28.9 Å². The summed E-state index contributed by atoms with van der Waals surface area (Å²) in [6, 6.07) is 8.24. The van der Waals surface area contributed by atoms with Crippen molar-refractivity contribution in [1.29, 1.82) is 0 Å². The lowest BCUT2D eigenvalue weighted by atomic mass is 10.1. The number of hydrogen-bond donors (Lipinski definition) is 3. The van der Waals surface area contributed by atoms with E-state index in [2.05, 4.69) is 16.0 Å². The van der Waals surface area contributed by atoms with E-state index < -0.39 is 29.4 Å². The van der Waals surface area contributed by atoms with E-state index in [9.17, 15) is 28.8 Å². The Hall–Kier alpha value is -4.02. The minimum Gasteiger partial charge on any atom is -0.458 e. The molecular formula is C27H36N4O7. The summed E-state index contributed by atoms with van der Waals surface area (Å²) in [4.78, 5) is 73.2. The van der Waals surface area contributed by atoms with E-state index in [1.807, 2.05) is 30.3 Å². The van der Waals surface area contributed by atoms with Gasteiger partial charge in [0.2, 0.25) is 17.7 Å². The molecule has 206 valence electrons. The van der Waals surface area contributed by atoms with Gasteiger partial charge in [-0.25, -0.2) is 4.79 Å². The second-order valence-electron chi connectivity index (χ2n) is 9.87. The molecule has 0 fully saturated rings. The molecule has 3 N–H and O–H groups in total. The molecule has 0 aliphatic carbocycles. The van der Waals surface area contributed by atoms with Crippen LogP contribution in [-0.2, 0) is 39.9 Å². The summed E-state index contributed by atoms with van der Waals surface area (Å²) < 4.78 is 5.42. The van der Waals surface area contributed by atoms with Crippen molar-refractivity contribution in [3.05, 3.63) is 48.0 Å². The number of ether oxygens (including phenoxy) is 1. The van der Waals surface area contributed by atoms with Crippen LogP contribution in [0.4, 0.5) is 0 Å². The first kappa shape index (κ1) is 30.2. The average molecular weight is 529 g/mol. The van der Waals surface area contributed by atoms with E-state index in [4.69, 9.17) is 4.74 Å². The Bertz CT molecular complexity index is 1030. The van der Waals surface area contributed by atoms with Crippen molar-refractivity contribution in [3.8, 4) is 0 Å². The Labute approximate surface area is 222 Å². The number of esters is 1. The highest BCUT2D eigenvalue weighted by Gasteiger charge is 2.27. The van der Waals surface area contributed by atoms with Crippen LogP contribution in [0.2, 0.25) is 0 Å². The molecule has 0 unspecified atom stereocenters. The molecule has 0 spiro atoms. The summed E-state index contributed by atoms with van der Waals surface area (Å²) >= 11 is 0. The molecule has 0 radical (unpaired) electrons. The van der Waals surface area contributed by atoms with Crippen LogP contribution in [0.25, 0.3) is 0 Å². The van der Waals surface area contributed by atoms with Crippen molar-refractivity contribution in [2.45, 2.75) is 64.5 Å². The Balaban J connectivity index is 1.67. The van der Waals surface area contributed by atoms with Crippen molar-refractivity contribution >= 4 is 35.5 Å². The van der Waals surface area contributed by atoms with Crippen LogP contribution >= 0.6 is 0 Å². The monoisotopic (exact) mass is 528 g/mol. The minimum atomic E-state index is -0.932. The third kappa shape index (κ3) is 11.4. The number of unbranched alkanes of at least 4 members (excludes halogenated alkanes) is 2. The number of imide groups is 1. The van der Waals surface area contributed by atoms with Gasteiger partial charge in [-0.1, -0.05) is 36.8 Å². The molecule has 1 aliphatic rings. The number of rotatable bonds is 14. The summed E-state index contributed by atoms with van der Waals surface area (Å²) in [6.07, 6.45) is 4.63. The first-order valence-electron chi connectivity index (χ1n) is 12.6. The molecule has 0 bridgehead atoms. The maximum atomic E-state index is 12.6.